The molecule has 9 nitrogen and oxygen atoms in total. The summed E-state index contributed by atoms with van der Waals surface area (Å²) in [6, 6.07) is 13.2. The van der Waals surface area contributed by atoms with Gasteiger partial charge in [0.05, 0.1) is 18.3 Å². The van der Waals surface area contributed by atoms with Gasteiger partial charge >= 0.3 is 0 Å². The summed E-state index contributed by atoms with van der Waals surface area (Å²) < 4.78 is 30.9. The lowest BCUT2D eigenvalue weighted by molar-refractivity contribution is -0.384. The minimum Gasteiger partial charge on any atom is -0.495 e. The van der Waals surface area contributed by atoms with Crippen molar-refractivity contribution in [2.75, 3.05) is 24.2 Å². The second-order valence-electron chi connectivity index (χ2n) is 8.31. The van der Waals surface area contributed by atoms with Crippen LogP contribution in [0.1, 0.15) is 32.8 Å². The minimum absolute atomic E-state index is 0.0726. The number of nitro groups is 1. The van der Waals surface area contributed by atoms with Gasteiger partial charge in [-0.15, -0.1) is 0 Å². The molecule has 0 bridgehead atoms. The van der Waals surface area contributed by atoms with Gasteiger partial charge in [-0.25, -0.2) is 8.42 Å². The lowest BCUT2D eigenvalue weighted by atomic mass is 9.79. The summed E-state index contributed by atoms with van der Waals surface area (Å²) in [7, 11) is -2.61. The van der Waals surface area contributed by atoms with Gasteiger partial charge in [-0.3, -0.25) is 19.2 Å². The predicted molar refractivity (Wildman–Crippen MR) is 124 cm³/mol. The van der Waals surface area contributed by atoms with E-state index in [-0.39, 0.29) is 28.6 Å². The van der Waals surface area contributed by atoms with Gasteiger partial charge in [0.25, 0.3) is 5.69 Å². The highest BCUT2D eigenvalue weighted by Crippen LogP contribution is 2.33. The van der Waals surface area contributed by atoms with Crippen LogP contribution in [0.4, 0.5) is 11.4 Å². The SMILES string of the molecule is COc1ccc([N+](=O)[O-])cc1N(CC(=O)NC(C)CC(C)(C)c1ccccc1)S(C)(=O)=O. The molecular formula is C22H29N3O6S. The number of non-ortho nitro benzene ring substituents is 1. The summed E-state index contributed by atoms with van der Waals surface area (Å²) in [6.07, 6.45) is 1.56. The summed E-state index contributed by atoms with van der Waals surface area (Å²) >= 11 is 0. The summed E-state index contributed by atoms with van der Waals surface area (Å²) in [5, 5.41) is 14.0. The molecule has 0 fully saturated rings. The van der Waals surface area contributed by atoms with Gasteiger partial charge in [0.2, 0.25) is 15.9 Å². The first-order chi connectivity index (χ1) is 14.8. The van der Waals surface area contributed by atoms with Gasteiger partial charge in [0, 0.05) is 18.2 Å². The van der Waals surface area contributed by atoms with Gasteiger partial charge in [-0.05, 0) is 30.4 Å². The monoisotopic (exact) mass is 463 g/mol. The average Bonchev–Trinajstić information content (AvgIpc) is 2.70. The van der Waals surface area contributed by atoms with Gasteiger partial charge in [-0.2, -0.15) is 0 Å². The third-order valence-electron chi connectivity index (χ3n) is 5.11. The van der Waals surface area contributed by atoms with Crippen LogP contribution < -0.4 is 14.4 Å². The fourth-order valence-electron chi connectivity index (χ4n) is 3.64. The Hall–Kier alpha value is -3.14. The molecule has 10 heteroatoms. The molecule has 1 amide bonds. The van der Waals surface area contributed by atoms with Crippen LogP contribution in [0.3, 0.4) is 0 Å². The highest BCUT2D eigenvalue weighted by atomic mass is 32.2. The third kappa shape index (κ3) is 6.43. The summed E-state index contributed by atoms with van der Waals surface area (Å²) in [5.74, 6) is -0.424. The lowest BCUT2D eigenvalue weighted by Crippen LogP contribution is -2.44. The molecule has 2 rings (SSSR count). The Morgan fingerprint density at radius 2 is 1.84 bits per heavy atom. The van der Waals surface area contributed by atoms with Gasteiger partial charge in [-0.1, -0.05) is 44.2 Å². The van der Waals surface area contributed by atoms with E-state index in [9.17, 15) is 23.3 Å². The minimum atomic E-state index is -3.93. The van der Waals surface area contributed by atoms with E-state index in [1.807, 2.05) is 37.3 Å². The molecule has 0 aromatic heterocycles. The number of carbonyl (C=O) groups is 1. The van der Waals surface area contributed by atoms with Crippen molar-refractivity contribution in [1.29, 1.82) is 0 Å². The molecule has 1 atom stereocenters. The van der Waals surface area contributed by atoms with Crippen molar-refractivity contribution >= 4 is 27.3 Å². The van der Waals surface area contributed by atoms with E-state index in [0.29, 0.717) is 6.42 Å². The molecule has 0 radical (unpaired) electrons. The molecule has 0 aliphatic heterocycles. The largest absolute Gasteiger partial charge is 0.495 e. The maximum absolute atomic E-state index is 12.7. The van der Waals surface area contributed by atoms with E-state index in [4.69, 9.17) is 4.74 Å². The van der Waals surface area contributed by atoms with Crippen LogP contribution in [0, 0.1) is 10.1 Å². The van der Waals surface area contributed by atoms with Crippen LogP contribution in [0.15, 0.2) is 48.5 Å². The number of carbonyl (C=O) groups excluding carboxylic acids is 1. The summed E-state index contributed by atoms with van der Waals surface area (Å²) in [6.45, 7) is 5.46. The van der Waals surface area contributed by atoms with E-state index in [0.717, 1.165) is 22.2 Å². The number of amides is 1. The Kier molecular flexibility index (Phi) is 7.84. The van der Waals surface area contributed by atoms with Gasteiger partial charge in [0.15, 0.2) is 0 Å². The molecule has 0 heterocycles. The zero-order valence-corrected chi connectivity index (χ0v) is 19.7. The number of nitrogens with zero attached hydrogens (tertiary/aromatic N) is 2. The number of anilines is 1. The van der Waals surface area contributed by atoms with Crippen molar-refractivity contribution < 1.29 is 22.9 Å². The molecule has 174 valence electrons. The van der Waals surface area contributed by atoms with Crippen molar-refractivity contribution in [3.8, 4) is 5.75 Å². The first-order valence-corrected chi connectivity index (χ1v) is 11.8. The Balaban J connectivity index is 2.21. The van der Waals surface area contributed by atoms with E-state index >= 15 is 0 Å². The van der Waals surface area contributed by atoms with Crippen LogP contribution in [0.2, 0.25) is 0 Å². The molecule has 2 aromatic rings. The van der Waals surface area contributed by atoms with Crippen LogP contribution in [-0.4, -0.2) is 45.2 Å². The Morgan fingerprint density at radius 1 is 1.22 bits per heavy atom. The molecule has 0 aliphatic carbocycles. The van der Waals surface area contributed by atoms with E-state index in [2.05, 4.69) is 19.2 Å². The summed E-state index contributed by atoms with van der Waals surface area (Å²) in [5.41, 5.74) is 0.526. The molecule has 0 spiro atoms. The van der Waals surface area contributed by atoms with E-state index in [1.165, 1.54) is 19.2 Å². The van der Waals surface area contributed by atoms with Crippen molar-refractivity contribution in [3.63, 3.8) is 0 Å². The van der Waals surface area contributed by atoms with Gasteiger partial charge < -0.3 is 10.1 Å². The van der Waals surface area contributed by atoms with E-state index < -0.39 is 27.4 Å². The number of hydrogen-bond donors (Lipinski definition) is 1. The first-order valence-electron chi connectivity index (χ1n) is 10.00. The summed E-state index contributed by atoms with van der Waals surface area (Å²) in [4.78, 5) is 23.3. The Bertz CT molecular complexity index is 1070. The average molecular weight is 464 g/mol. The Morgan fingerprint density at radius 3 is 2.38 bits per heavy atom. The van der Waals surface area contributed by atoms with Crippen LogP contribution in [0.25, 0.3) is 0 Å². The number of sulfonamides is 1. The predicted octanol–water partition coefficient (Wildman–Crippen LogP) is 3.24. The normalized spacial score (nSPS) is 12.7. The molecular weight excluding hydrogens is 434 g/mol. The third-order valence-corrected chi connectivity index (χ3v) is 6.24. The number of ether oxygens (including phenoxy) is 1. The zero-order valence-electron chi connectivity index (χ0n) is 18.9. The second-order valence-corrected chi connectivity index (χ2v) is 10.2. The number of nitrogens with one attached hydrogen (secondary N) is 1. The molecule has 0 saturated carbocycles. The topological polar surface area (TPSA) is 119 Å². The smallest absolute Gasteiger partial charge is 0.271 e. The van der Waals surface area contributed by atoms with Crippen molar-refractivity contribution in [1.82, 2.24) is 5.32 Å². The number of hydrogen-bond acceptors (Lipinski definition) is 6. The van der Waals surface area contributed by atoms with Crippen LogP contribution in [-0.2, 0) is 20.2 Å². The quantitative estimate of drug-likeness (QED) is 0.427. The van der Waals surface area contributed by atoms with Crippen molar-refractivity contribution in [2.24, 2.45) is 0 Å². The Labute approximate surface area is 188 Å². The molecule has 1 unspecified atom stereocenters. The zero-order chi connectivity index (χ0) is 24.1. The lowest BCUT2D eigenvalue weighted by Gasteiger charge is -2.30. The van der Waals surface area contributed by atoms with Crippen LogP contribution >= 0.6 is 0 Å². The number of rotatable bonds is 10. The molecule has 0 saturated heterocycles. The first kappa shape index (κ1) is 25.1. The fourth-order valence-corrected chi connectivity index (χ4v) is 4.49. The van der Waals surface area contributed by atoms with Crippen LogP contribution in [0.5, 0.6) is 5.75 Å². The molecule has 0 aliphatic rings. The highest BCUT2D eigenvalue weighted by molar-refractivity contribution is 7.92. The van der Waals surface area contributed by atoms with Gasteiger partial charge in [0.1, 0.15) is 18.0 Å². The number of nitro benzene ring substituents is 1. The molecule has 32 heavy (non-hydrogen) atoms. The second kappa shape index (κ2) is 9.99. The van der Waals surface area contributed by atoms with E-state index in [1.54, 1.807) is 0 Å². The molecule has 2 aromatic carbocycles. The van der Waals surface area contributed by atoms with Crippen molar-refractivity contribution in [3.05, 3.63) is 64.2 Å². The maximum Gasteiger partial charge on any atom is 0.271 e. The number of benzene rings is 2. The van der Waals surface area contributed by atoms with Crippen molar-refractivity contribution in [2.45, 2.75) is 38.6 Å². The number of methoxy groups -OCH3 is 1. The fraction of sp³-hybridized carbons (Fsp3) is 0.409. The maximum atomic E-state index is 12.7. The highest BCUT2D eigenvalue weighted by Gasteiger charge is 2.28. The molecule has 1 N–H and O–H groups in total. The standard InChI is InChI=1S/C22H29N3O6S/c1-16(14-22(2,3)17-9-7-6-8-10-17)23-21(26)15-24(32(5,29)30)19-13-18(25(27)28)11-12-20(19)31-4/h6-13,16H,14-15H2,1-5H3,(H,23,26).